The average molecular weight is 413 g/mol. The first-order chi connectivity index (χ1) is 14.0. The van der Waals surface area contributed by atoms with E-state index >= 15 is 0 Å². The molecule has 3 rings (SSSR count). The number of thioether (sulfide) groups is 1. The van der Waals surface area contributed by atoms with Gasteiger partial charge in [-0.15, -0.1) is 10.2 Å². The van der Waals surface area contributed by atoms with Crippen molar-refractivity contribution in [2.45, 2.75) is 12.1 Å². The number of ether oxygens (including phenoxy) is 2. The summed E-state index contributed by atoms with van der Waals surface area (Å²) in [4.78, 5) is 23.6. The molecule has 0 saturated heterocycles. The second kappa shape index (κ2) is 9.24. The molecule has 0 aliphatic heterocycles. The monoisotopic (exact) mass is 413 g/mol. The van der Waals surface area contributed by atoms with E-state index in [9.17, 15) is 9.59 Å². The van der Waals surface area contributed by atoms with Crippen molar-refractivity contribution in [2.75, 3.05) is 25.3 Å². The molecule has 0 aliphatic carbocycles. The molecule has 29 heavy (non-hydrogen) atoms. The number of hydrogen-bond acceptors (Lipinski definition) is 8. The molecule has 8 nitrogen and oxygen atoms in total. The molecule has 0 spiro atoms. The van der Waals surface area contributed by atoms with Gasteiger partial charge < -0.3 is 19.2 Å². The number of nitrogens with zero attached hydrogens (tertiary/aromatic N) is 2. The van der Waals surface area contributed by atoms with Crippen LogP contribution in [0.5, 0.6) is 11.5 Å². The third-order valence-corrected chi connectivity index (χ3v) is 4.74. The minimum absolute atomic E-state index is 0.0657. The van der Waals surface area contributed by atoms with Crippen molar-refractivity contribution in [3.63, 3.8) is 0 Å². The van der Waals surface area contributed by atoms with Crippen LogP contribution < -0.4 is 14.8 Å². The zero-order valence-electron chi connectivity index (χ0n) is 16.1. The third kappa shape index (κ3) is 5.14. The Balaban J connectivity index is 1.61. The fraction of sp³-hybridized carbons (Fsp3) is 0.200. The van der Waals surface area contributed by atoms with Crippen LogP contribution in [0.15, 0.2) is 52.1 Å². The number of hydrogen-bond donors (Lipinski definition) is 1. The van der Waals surface area contributed by atoms with E-state index in [2.05, 4.69) is 15.5 Å². The van der Waals surface area contributed by atoms with Crippen molar-refractivity contribution in [1.29, 1.82) is 0 Å². The summed E-state index contributed by atoms with van der Waals surface area (Å²) >= 11 is 1.12. The summed E-state index contributed by atoms with van der Waals surface area (Å²) in [6.45, 7) is 1.47. The van der Waals surface area contributed by atoms with Gasteiger partial charge in [0.1, 0.15) is 0 Å². The quantitative estimate of drug-likeness (QED) is 0.440. The summed E-state index contributed by atoms with van der Waals surface area (Å²) in [5.41, 5.74) is 1.76. The molecule has 2 aromatic carbocycles. The average Bonchev–Trinajstić information content (AvgIpc) is 3.21. The summed E-state index contributed by atoms with van der Waals surface area (Å²) < 4.78 is 16.1. The molecule has 1 aromatic heterocycles. The number of carbonyl (C=O) groups is 2. The first-order valence-corrected chi connectivity index (χ1v) is 9.58. The van der Waals surface area contributed by atoms with Crippen LogP contribution in [0.3, 0.4) is 0 Å². The largest absolute Gasteiger partial charge is 0.493 e. The van der Waals surface area contributed by atoms with Gasteiger partial charge in [0.15, 0.2) is 17.3 Å². The number of nitrogens with one attached hydrogen (secondary N) is 1. The zero-order valence-corrected chi connectivity index (χ0v) is 16.9. The van der Waals surface area contributed by atoms with Crippen LogP contribution in [0.2, 0.25) is 0 Å². The number of methoxy groups -OCH3 is 2. The minimum atomic E-state index is -0.249. The topological polar surface area (TPSA) is 104 Å². The lowest BCUT2D eigenvalue weighted by Crippen LogP contribution is -2.14. The molecule has 0 saturated carbocycles. The summed E-state index contributed by atoms with van der Waals surface area (Å²) in [6, 6.07) is 12.0. The Morgan fingerprint density at radius 2 is 1.86 bits per heavy atom. The van der Waals surface area contributed by atoms with E-state index in [1.165, 1.54) is 6.92 Å². The highest BCUT2D eigenvalue weighted by Gasteiger charge is 2.14. The number of ketones is 1. The summed E-state index contributed by atoms with van der Waals surface area (Å²) in [5, 5.41) is 11.0. The Morgan fingerprint density at radius 3 is 2.59 bits per heavy atom. The van der Waals surface area contributed by atoms with E-state index in [0.29, 0.717) is 34.2 Å². The van der Waals surface area contributed by atoms with Crippen LogP contribution in [0.4, 0.5) is 5.69 Å². The number of amides is 1. The number of benzene rings is 2. The summed E-state index contributed by atoms with van der Waals surface area (Å²) in [6.07, 6.45) is 0. The summed E-state index contributed by atoms with van der Waals surface area (Å²) in [5.74, 6) is 1.21. The van der Waals surface area contributed by atoms with Crippen LogP contribution >= 0.6 is 11.8 Å². The van der Waals surface area contributed by atoms with E-state index < -0.39 is 0 Å². The molecular weight excluding hydrogens is 394 g/mol. The summed E-state index contributed by atoms with van der Waals surface area (Å²) in [7, 11) is 3.10. The fourth-order valence-electron chi connectivity index (χ4n) is 2.49. The van der Waals surface area contributed by atoms with Gasteiger partial charge in [-0.1, -0.05) is 23.9 Å². The Labute approximate surface area is 171 Å². The highest BCUT2D eigenvalue weighted by molar-refractivity contribution is 7.99. The van der Waals surface area contributed by atoms with E-state index in [0.717, 1.165) is 11.8 Å². The molecule has 1 amide bonds. The molecule has 0 aliphatic rings. The number of carbonyl (C=O) groups excluding carboxylic acids is 2. The lowest BCUT2D eigenvalue weighted by molar-refractivity contribution is -0.113. The molecule has 0 radical (unpaired) electrons. The number of rotatable bonds is 8. The Bertz CT molecular complexity index is 1030. The van der Waals surface area contributed by atoms with Crippen molar-refractivity contribution in [1.82, 2.24) is 10.2 Å². The van der Waals surface area contributed by atoms with Gasteiger partial charge in [-0.2, -0.15) is 0 Å². The molecule has 0 unspecified atom stereocenters. The van der Waals surface area contributed by atoms with Crippen molar-refractivity contribution in [3.8, 4) is 23.0 Å². The molecule has 0 atom stereocenters. The molecule has 0 bridgehead atoms. The van der Waals surface area contributed by atoms with Crippen molar-refractivity contribution >= 4 is 29.1 Å². The van der Waals surface area contributed by atoms with Gasteiger partial charge in [-0.25, -0.2) is 0 Å². The molecule has 9 heteroatoms. The van der Waals surface area contributed by atoms with E-state index in [4.69, 9.17) is 13.9 Å². The number of aromatic nitrogens is 2. The van der Waals surface area contributed by atoms with Gasteiger partial charge in [-0.05, 0) is 37.3 Å². The molecule has 150 valence electrons. The van der Waals surface area contributed by atoms with Gasteiger partial charge in [0.25, 0.3) is 5.22 Å². The Kier molecular flexibility index (Phi) is 6.50. The van der Waals surface area contributed by atoms with Gasteiger partial charge in [0.2, 0.25) is 11.8 Å². The van der Waals surface area contributed by atoms with Crippen molar-refractivity contribution < 1.29 is 23.5 Å². The molecule has 0 fully saturated rings. The van der Waals surface area contributed by atoms with Gasteiger partial charge in [0.05, 0.1) is 20.0 Å². The zero-order chi connectivity index (χ0) is 20.8. The standard InChI is InChI=1S/C20H19N3O5S/c1-12(24)13-5-4-6-15(9-13)21-18(25)11-29-20-23-22-19(28-20)14-7-8-16(26-2)17(10-14)27-3/h4-10H,11H2,1-3H3,(H,21,25). The smallest absolute Gasteiger partial charge is 0.277 e. The second-order valence-corrected chi connectivity index (χ2v) is 6.84. The normalized spacial score (nSPS) is 10.4. The molecule has 3 aromatic rings. The van der Waals surface area contributed by atoms with Crippen LogP contribution in [-0.2, 0) is 4.79 Å². The van der Waals surface area contributed by atoms with Gasteiger partial charge >= 0.3 is 0 Å². The Morgan fingerprint density at radius 1 is 1.07 bits per heavy atom. The lowest BCUT2D eigenvalue weighted by Gasteiger charge is -2.07. The minimum Gasteiger partial charge on any atom is -0.493 e. The first-order valence-electron chi connectivity index (χ1n) is 8.59. The van der Waals surface area contributed by atoms with Gasteiger partial charge in [-0.3, -0.25) is 9.59 Å². The predicted octanol–water partition coefficient (Wildman–Crippen LogP) is 3.69. The fourth-order valence-corrected chi connectivity index (χ4v) is 3.06. The SMILES string of the molecule is COc1ccc(-c2nnc(SCC(=O)Nc3cccc(C(C)=O)c3)o2)cc1OC. The predicted molar refractivity (Wildman–Crippen MR) is 109 cm³/mol. The maximum absolute atomic E-state index is 12.2. The third-order valence-electron chi connectivity index (χ3n) is 3.92. The Hall–Kier alpha value is -3.33. The van der Waals surface area contributed by atoms with E-state index in [1.807, 2.05) is 0 Å². The molecule has 1 N–H and O–H groups in total. The molecule has 1 heterocycles. The number of anilines is 1. The second-order valence-electron chi connectivity index (χ2n) is 5.92. The first kappa shape index (κ1) is 20.4. The van der Waals surface area contributed by atoms with Crippen LogP contribution in [0.25, 0.3) is 11.5 Å². The van der Waals surface area contributed by atoms with Crippen molar-refractivity contribution in [3.05, 3.63) is 48.0 Å². The van der Waals surface area contributed by atoms with Crippen LogP contribution in [0.1, 0.15) is 17.3 Å². The van der Waals surface area contributed by atoms with Crippen molar-refractivity contribution in [2.24, 2.45) is 0 Å². The maximum atomic E-state index is 12.2. The number of Topliss-reactive ketones (excluding diaryl/α,β-unsaturated/α-hetero) is 1. The highest BCUT2D eigenvalue weighted by atomic mass is 32.2. The molecular formula is C20H19N3O5S. The van der Waals surface area contributed by atoms with Crippen LogP contribution in [-0.4, -0.2) is 41.9 Å². The lowest BCUT2D eigenvalue weighted by atomic mass is 10.1. The van der Waals surface area contributed by atoms with Crippen LogP contribution in [0, 0.1) is 0 Å². The maximum Gasteiger partial charge on any atom is 0.277 e. The van der Waals surface area contributed by atoms with E-state index in [1.54, 1.807) is 56.7 Å². The van der Waals surface area contributed by atoms with Gasteiger partial charge in [0, 0.05) is 16.8 Å². The highest BCUT2D eigenvalue weighted by Crippen LogP contribution is 2.32. The van der Waals surface area contributed by atoms with E-state index in [-0.39, 0.29) is 22.7 Å².